The van der Waals surface area contributed by atoms with Gasteiger partial charge < -0.3 is 9.47 Å². The Morgan fingerprint density at radius 2 is 0.900 bits per heavy atom. The van der Waals surface area contributed by atoms with Gasteiger partial charge in [0.05, 0.1) is 0 Å². The van der Waals surface area contributed by atoms with Crippen LogP contribution in [0, 0.1) is 0 Å². The van der Waals surface area contributed by atoms with Crippen LogP contribution in [0.2, 0.25) is 0 Å². The number of para-hydroxylation sites is 2. The van der Waals surface area contributed by atoms with Gasteiger partial charge in [-0.3, -0.25) is 0 Å². The lowest BCUT2D eigenvalue weighted by Gasteiger charge is -2.07. The fourth-order valence-corrected chi connectivity index (χ4v) is 1.54. The summed E-state index contributed by atoms with van der Waals surface area (Å²) in [5, 5.41) is 0. The summed E-state index contributed by atoms with van der Waals surface area (Å²) >= 11 is 0. The van der Waals surface area contributed by atoms with Crippen LogP contribution in [0.5, 0.6) is 11.5 Å². The van der Waals surface area contributed by atoms with E-state index >= 15 is 0 Å². The predicted molar refractivity (Wildman–Crippen MR) is 75.8 cm³/mol. The van der Waals surface area contributed by atoms with Crippen molar-refractivity contribution >= 4 is 0 Å². The van der Waals surface area contributed by atoms with Gasteiger partial charge in [-0.1, -0.05) is 36.4 Å². The van der Waals surface area contributed by atoms with Gasteiger partial charge in [-0.2, -0.15) is 0 Å². The van der Waals surface area contributed by atoms with Crippen LogP contribution in [0.15, 0.2) is 60.7 Å². The van der Waals surface area contributed by atoms with E-state index in [4.69, 9.17) is 19.2 Å². The molecule has 0 aliphatic heterocycles. The first-order valence-corrected chi connectivity index (χ1v) is 6.55. The molecule has 0 unspecified atom stereocenters. The zero-order valence-electron chi connectivity index (χ0n) is 11.2. The molecule has 0 bridgehead atoms. The molecular formula is C16H18O4. The van der Waals surface area contributed by atoms with E-state index in [0.717, 1.165) is 11.5 Å². The fraction of sp³-hybridized carbons (Fsp3) is 0.250. The molecule has 0 saturated carbocycles. The molecule has 0 fully saturated rings. The first-order chi connectivity index (χ1) is 9.95. The summed E-state index contributed by atoms with van der Waals surface area (Å²) in [6.07, 6.45) is 0. The Hall–Kier alpha value is -2.04. The van der Waals surface area contributed by atoms with Crippen LogP contribution in [0.1, 0.15) is 0 Å². The molecule has 0 heterocycles. The van der Waals surface area contributed by atoms with E-state index in [2.05, 4.69) is 0 Å². The maximum Gasteiger partial charge on any atom is 0.119 e. The minimum absolute atomic E-state index is 0.375. The zero-order valence-corrected chi connectivity index (χ0v) is 11.2. The first kappa shape index (κ1) is 14.4. The van der Waals surface area contributed by atoms with Crippen molar-refractivity contribution in [2.75, 3.05) is 26.4 Å². The van der Waals surface area contributed by atoms with Crippen LogP contribution < -0.4 is 9.47 Å². The van der Waals surface area contributed by atoms with Crippen molar-refractivity contribution in [3.05, 3.63) is 60.7 Å². The van der Waals surface area contributed by atoms with Gasteiger partial charge in [0.1, 0.15) is 37.9 Å². The summed E-state index contributed by atoms with van der Waals surface area (Å²) in [6.45, 7) is 1.65. The van der Waals surface area contributed by atoms with Crippen molar-refractivity contribution < 1.29 is 19.2 Å². The Kier molecular flexibility index (Phi) is 6.44. The highest BCUT2D eigenvalue weighted by Gasteiger charge is 1.94. The average molecular weight is 274 g/mol. The second kappa shape index (κ2) is 8.96. The van der Waals surface area contributed by atoms with Crippen molar-refractivity contribution in [2.45, 2.75) is 0 Å². The standard InChI is InChI=1S/C16H18O4/c1-3-7-15(8-4-1)17-11-13-19-20-14-12-18-16-9-5-2-6-10-16/h1-10H,11-14H2. The molecule has 0 aliphatic rings. The van der Waals surface area contributed by atoms with E-state index in [9.17, 15) is 0 Å². The highest BCUT2D eigenvalue weighted by atomic mass is 17.2. The second-order valence-electron chi connectivity index (χ2n) is 3.97. The number of rotatable bonds is 9. The summed E-state index contributed by atoms with van der Waals surface area (Å²) < 4.78 is 10.9. The Balaban J connectivity index is 1.44. The summed E-state index contributed by atoms with van der Waals surface area (Å²) in [5.41, 5.74) is 0. The third-order valence-electron chi connectivity index (χ3n) is 2.44. The summed E-state index contributed by atoms with van der Waals surface area (Å²) in [6, 6.07) is 19.2. The van der Waals surface area contributed by atoms with E-state index in [1.54, 1.807) is 0 Å². The highest BCUT2D eigenvalue weighted by Crippen LogP contribution is 2.08. The van der Waals surface area contributed by atoms with Gasteiger partial charge in [0.25, 0.3) is 0 Å². The van der Waals surface area contributed by atoms with Gasteiger partial charge >= 0.3 is 0 Å². The van der Waals surface area contributed by atoms with Crippen molar-refractivity contribution in [3.8, 4) is 11.5 Å². The van der Waals surface area contributed by atoms with E-state index < -0.39 is 0 Å². The number of hydrogen-bond donors (Lipinski definition) is 0. The van der Waals surface area contributed by atoms with Crippen LogP contribution in [-0.2, 0) is 9.78 Å². The van der Waals surface area contributed by atoms with Gasteiger partial charge in [-0.05, 0) is 24.3 Å². The Morgan fingerprint density at radius 3 is 1.30 bits per heavy atom. The summed E-state index contributed by atoms with van der Waals surface area (Å²) in [7, 11) is 0. The molecule has 0 N–H and O–H groups in total. The molecule has 0 atom stereocenters. The molecular weight excluding hydrogens is 256 g/mol. The molecule has 2 aromatic carbocycles. The fourth-order valence-electron chi connectivity index (χ4n) is 1.54. The van der Waals surface area contributed by atoms with Gasteiger partial charge in [-0.15, -0.1) is 0 Å². The van der Waals surface area contributed by atoms with Gasteiger partial charge in [0.2, 0.25) is 0 Å². The number of benzene rings is 2. The third kappa shape index (κ3) is 5.73. The smallest absolute Gasteiger partial charge is 0.119 e. The maximum atomic E-state index is 5.45. The maximum absolute atomic E-state index is 5.45. The Labute approximate surface area is 118 Å². The lowest BCUT2D eigenvalue weighted by atomic mass is 10.3. The van der Waals surface area contributed by atoms with Crippen LogP contribution in [0.4, 0.5) is 0 Å². The second-order valence-corrected chi connectivity index (χ2v) is 3.97. The van der Waals surface area contributed by atoms with Crippen molar-refractivity contribution in [1.29, 1.82) is 0 Å². The molecule has 0 aliphatic carbocycles. The zero-order chi connectivity index (χ0) is 13.9. The van der Waals surface area contributed by atoms with Crippen molar-refractivity contribution in [1.82, 2.24) is 0 Å². The van der Waals surface area contributed by atoms with Crippen LogP contribution >= 0.6 is 0 Å². The predicted octanol–water partition coefficient (Wildman–Crippen LogP) is 3.09. The average Bonchev–Trinajstić information content (AvgIpc) is 2.52. The minimum Gasteiger partial charge on any atom is -0.491 e. The third-order valence-corrected chi connectivity index (χ3v) is 2.44. The molecule has 0 saturated heterocycles. The lowest BCUT2D eigenvalue weighted by molar-refractivity contribution is -0.298. The molecule has 0 amide bonds. The SMILES string of the molecule is c1ccc(OCCOOCCOc2ccccc2)cc1. The molecule has 0 spiro atoms. The first-order valence-electron chi connectivity index (χ1n) is 6.55. The van der Waals surface area contributed by atoms with Gasteiger partial charge in [0.15, 0.2) is 0 Å². The monoisotopic (exact) mass is 274 g/mol. The summed E-state index contributed by atoms with van der Waals surface area (Å²) in [5.74, 6) is 1.65. The van der Waals surface area contributed by atoms with E-state index in [1.807, 2.05) is 60.7 Å². The summed E-state index contributed by atoms with van der Waals surface area (Å²) in [4.78, 5) is 9.98. The normalized spacial score (nSPS) is 10.2. The molecule has 2 aromatic rings. The van der Waals surface area contributed by atoms with Gasteiger partial charge in [0, 0.05) is 0 Å². The van der Waals surface area contributed by atoms with Crippen LogP contribution in [0.25, 0.3) is 0 Å². The molecule has 106 valence electrons. The Bertz CT molecular complexity index is 413. The molecule has 4 heteroatoms. The number of ether oxygens (including phenoxy) is 2. The molecule has 4 nitrogen and oxygen atoms in total. The number of hydrogen-bond acceptors (Lipinski definition) is 4. The topological polar surface area (TPSA) is 36.9 Å². The van der Waals surface area contributed by atoms with E-state index in [-0.39, 0.29) is 0 Å². The molecule has 0 radical (unpaired) electrons. The largest absolute Gasteiger partial charge is 0.491 e. The molecule has 0 aromatic heterocycles. The van der Waals surface area contributed by atoms with E-state index in [0.29, 0.717) is 26.4 Å². The highest BCUT2D eigenvalue weighted by molar-refractivity contribution is 5.21. The minimum atomic E-state index is 0.375. The quantitative estimate of drug-likeness (QED) is 0.400. The van der Waals surface area contributed by atoms with Crippen molar-refractivity contribution in [2.24, 2.45) is 0 Å². The van der Waals surface area contributed by atoms with Crippen LogP contribution in [0.3, 0.4) is 0 Å². The van der Waals surface area contributed by atoms with Crippen LogP contribution in [-0.4, -0.2) is 26.4 Å². The lowest BCUT2D eigenvalue weighted by Crippen LogP contribution is -2.11. The Morgan fingerprint density at radius 1 is 0.500 bits per heavy atom. The molecule has 2 rings (SSSR count). The van der Waals surface area contributed by atoms with Gasteiger partial charge in [-0.25, -0.2) is 9.78 Å². The van der Waals surface area contributed by atoms with Crippen molar-refractivity contribution in [3.63, 3.8) is 0 Å². The molecule has 20 heavy (non-hydrogen) atoms. The van der Waals surface area contributed by atoms with E-state index in [1.165, 1.54) is 0 Å².